The number of hydrogen-bond donors (Lipinski definition) is 3. The van der Waals surface area contributed by atoms with E-state index < -0.39 is 17.1 Å². The molecule has 0 radical (unpaired) electrons. The summed E-state index contributed by atoms with van der Waals surface area (Å²) in [5.41, 5.74) is 0.234. The number of rotatable bonds is 5. The first-order chi connectivity index (χ1) is 7.56. The van der Waals surface area contributed by atoms with Crippen molar-refractivity contribution in [3.8, 4) is 0 Å². The zero-order chi connectivity index (χ0) is 12.1. The Kier molecular flexibility index (Phi) is 4.72. The molecule has 0 aliphatic carbocycles. The van der Waals surface area contributed by atoms with Gasteiger partial charge in [0, 0.05) is 12.1 Å². The average Bonchev–Trinajstić information content (AvgIpc) is 2.28. The third-order valence-corrected chi connectivity index (χ3v) is 2.47. The fourth-order valence-corrected chi connectivity index (χ4v) is 1.60. The van der Waals surface area contributed by atoms with Crippen molar-refractivity contribution in [2.75, 3.05) is 5.75 Å². The lowest BCUT2D eigenvalue weighted by Gasteiger charge is -2.16. The van der Waals surface area contributed by atoms with Crippen LogP contribution >= 0.6 is 12.6 Å². The Bertz CT molecular complexity index is 372. The van der Waals surface area contributed by atoms with Gasteiger partial charge in [-0.15, -0.1) is 0 Å². The molecule has 0 spiro atoms. The topological polar surface area (TPSA) is 83.6 Å². The fourth-order valence-electron chi connectivity index (χ4n) is 1.33. The molecule has 0 saturated heterocycles. The van der Waals surface area contributed by atoms with Crippen molar-refractivity contribution >= 4 is 18.3 Å². The van der Waals surface area contributed by atoms with Crippen LogP contribution in [0.5, 0.6) is 0 Å². The zero-order valence-electron chi connectivity index (χ0n) is 8.48. The predicted molar refractivity (Wildman–Crippen MR) is 62.5 cm³/mol. The summed E-state index contributed by atoms with van der Waals surface area (Å²) in [5.74, 6) is 0.438. The van der Waals surface area contributed by atoms with E-state index >= 15 is 0 Å². The van der Waals surface area contributed by atoms with E-state index in [-0.39, 0.29) is 5.69 Å². The summed E-state index contributed by atoms with van der Waals surface area (Å²) in [6, 6.07) is 5.61. The van der Waals surface area contributed by atoms with Crippen LogP contribution in [0.3, 0.4) is 0 Å². The second kappa shape index (κ2) is 5.83. The van der Waals surface area contributed by atoms with Crippen molar-refractivity contribution < 1.29 is 15.1 Å². The first kappa shape index (κ1) is 13.0. The van der Waals surface area contributed by atoms with Gasteiger partial charge in [-0.05, 0) is 17.7 Å². The van der Waals surface area contributed by atoms with Crippen LogP contribution in [0.4, 0.5) is 5.69 Å². The van der Waals surface area contributed by atoms with Crippen molar-refractivity contribution in [1.82, 2.24) is 0 Å². The number of nitro groups is 1. The molecule has 1 aromatic rings. The Morgan fingerprint density at radius 3 is 2.69 bits per heavy atom. The van der Waals surface area contributed by atoms with Crippen LogP contribution in [0.15, 0.2) is 24.3 Å². The summed E-state index contributed by atoms with van der Waals surface area (Å²) in [4.78, 5) is 9.98. The summed E-state index contributed by atoms with van der Waals surface area (Å²) >= 11 is 3.94. The minimum absolute atomic E-state index is 0.102. The van der Waals surface area contributed by atoms with Gasteiger partial charge in [-0.3, -0.25) is 10.1 Å². The molecule has 1 aromatic carbocycles. The molecular weight excluding hydrogens is 230 g/mol. The zero-order valence-corrected chi connectivity index (χ0v) is 9.38. The quantitative estimate of drug-likeness (QED) is 0.413. The number of aliphatic hydroxyl groups is 2. The molecule has 88 valence electrons. The SMILES string of the molecule is O=[N+]([O-])c1cccc(C(O)C(O)CCS)c1. The molecular formula is C10H13NO4S. The van der Waals surface area contributed by atoms with Crippen LogP contribution in [0.25, 0.3) is 0 Å². The number of non-ortho nitro benzene ring substituents is 1. The molecule has 2 N–H and O–H groups in total. The van der Waals surface area contributed by atoms with Crippen molar-refractivity contribution in [2.45, 2.75) is 18.6 Å². The second-order valence-corrected chi connectivity index (χ2v) is 3.82. The van der Waals surface area contributed by atoms with E-state index in [2.05, 4.69) is 12.6 Å². The van der Waals surface area contributed by atoms with Gasteiger partial charge in [-0.1, -0.05) is 12.1 Å². The molecule has 2 atom stereocenters. The minimum atomic E-state index is -1.12. The number of nitrogens with zero attached hydrogens (tertiary/aromatic N) is 1. The molecule has 0 bridgehead atoms. The van der Waals surface area contributed by atoms with Crippen LogP contribution in [-0.4, -0.2) is 27.0 Å². The normalized spacial score (nSPS) is 14.4. The monoisotopic (exact) mass is 243 g/mol. The molecule has 5 nitrogen and oxygen atoms in total. The van der Waals surface area contributed by atoms with Crippen molar-refractivity contribution in [3.63, 3.8) is 0 Å². The maximum atomic E-state index is 10.5. The lowest BCUT2D eigenvalue weighted by Crippen LogP contribution is -2.18. The number of aliphatic hydroxyl groups excluding tert-OH is 2. The lowest BCUT2D eigenvalue weighted by molar-refractivity contribution is -0.385. The van der Waals surface area contributed by atoms with Crippen LogP contribution in [-0.2, 0) is 0 Å². The third-order valence-electron chi connectivity index (χ3n) is 2.21. The van der Waals surface area contributed by atoms with E-state index in [1.54, 1.807) is 6.07 Å². The van der Waals surface area contributed by atoms with Gasteiger partial charge in [0.15, 0.2) is 0 Å². The summed E-state index contributed by atoms with van der Waals surface area (Å²) in [6.07, 6.45) is -1.75. The first-order valence-electron chi connectivity index (χ1n) is 4.77. The largest absolute Gasteiger partial charge is 0.390 e. The van der Waals surface area contributed by atoms with Crippen LogP contribution in [0.1, 0.15) is 18.1 Å². The molecule has 1 rings (SSSR count). The van der Waals surface area contributed by atoms with Crippen LogP contribution < -0.4 is 0 Å². The first-order valence-corrected chi connectivity index (χ1v) is 5.41. The number of nitro benzene ring substituents is 1. The fraction of sp³-hybridized carbons (Fsp3) is 0.400. The number of thiol groups is 1. The van der Waals surface area contributed by atoms with E-state index in [1.807, 2.05) is 0 Å². The maximum absolute atomic E-state index is 10.5. The molecule has 0 amide bonds. The van der Waals surface area contributed by atoms with E-state index in [0.717, 1.165) is 0 Å². The summed E-state index contributed by atoms with van der Waals surface area (Å²) < 4.78 is 0. The van der Waals surface area contributed by atoms with Gasteiger partial charge in [0.1, 0.15) is 6.10 Å². The standard InChI is InChI=1S/C10H13NO4S/c12-9(4-5-16)10(13)7-2-1-3-8(6-7)11(14)15/h1-3,6,9-10,12-13,16H,4-5H2. The summed E-state index contributed by atoms with van der Waals surface area (Å²) in [6.45, 7) is 0. The Morgan fingerprint density at radius 1 is 1.44 bits per heavy atom. The minimum Gasteiger partial charge on any atom is -0.390 e. The van der Waals surface area contributed by atoms with E-state index in [1.165, 1.54) is 18.2 Å². The maximum Gasteiger partial charge on any atom is 0.269 e. The van der Waals surface area contributed by atoms with Crippen LogP contribution in [0.2, 0.25) is 0 Å². The van der Waals surface area contributed by atoms with E-state index in [9.17, 15) is 20.3 Å². The molecule has 16 heavy (non-hydrogen) atoms. The van der Waals surface area contributed by atoms with Gasteiger partial charge >= 0.3 is 0 Å². The van der Waals surface area contributed by atoms with Gasteiger partial charge in [0.2, 0.25) is 0 Å². The molecule has 0 heterocycles. The Hall–Kier alpha value is -1.11. The lowest BCUT2D eigenvalue weighted by atomic mass is 10.0. The highest BCUT2D eigenvalue weighted by molar-refractivity contribution is 7.80. The van der Waals surface area contributed by atoms with Gasteiger partial charge in [-0.25, -0.2) is 0 Å². The average molecular weight is 243 g/mol. The van der Waals surface area contributed by atoms with Crippen molar-refractivity contribution in [3.05, 3.63) is 39.9 Å². The highest BCUT2D eigenvalue weighted by atomic mass is 32.1. The Labute approximate surface area is 98.3 Å². The molecule has 2 unspecified atom stereocenters. The summed E-state index contributed by atoms with van der Waals surface area (Å²) in [5, 5.41) is 29.8. The predicted octanol–water partition coefficient (Wildman–Crippen LogP) is 1.31. The van der Waals surface area contributed by atoms with E-state index in [4.69, 9.17) is 0 Å². The van der Waals surface area contributed by atoms with Gasteiger partial charge < -0.3 is 10.2 Å². The third kappa shape index (κ3) is 3.19. The molecule has 6 heteroatoms. The molecule has 0 aliphatic rings. The molecule has 0 aliphatic heterocycles. The van der Waals surface area contributed by atoms with Crippen LogP contribution in [0, 0.1) is 10.1 Å². The highest BCUT2D eigenvalue weighted by Crippen LogP contribution is 2.23. The van der Waals surface area contributed by atoms with Gasteiger partial charge in [0.05, 0.1) is 11.0 Å². The van der Waals surface area contributed by atoms with Crippen molar-refractivity contribution in [2.24, 2.45) is 0 Å². The van der Waals surface area contributed by atoms with Crippen molar-refractivity contribution in [1.29, 1.82) is 0 Å². The molecule has 0 saturated carbocycles. The Morgan fingerprint density at radius 2 is 2.12 bits per heavy atom. The number of benzene rings is 1. The van der Waals surface area contributed by atoms with Gasteiger partial charge in [-0.2, -0.15) is 12.6 Å². The second-order valence-electron chi connectivity index (χ2n) is 3.38. The van der Waals surface area contributed by atoms with Gasteiger partial charge in [0.25, 0.3) is 5.69 Å². The summed E-state index contributed by atoms with van der Waals surface area (Å²) in [7, 11) is 0. The highest BCUT2D eigenvalue weighted by Gasteiger charge is 2.19. The van der Waals surface area contributed by atoms with E-state index in [0.29, 0.717) is 17.7 Å². The molecule has 0 fully saturated rings. The smallest absolute Gasteiger partial charge is 0.269 e. The molecule has 0 aromatic heterocycles. The number of hydrogen-bond acceptors (Lipinski definition) is 5. The Balaban J connectivity index is 2.86.